The zero-order valence-corrected chi connectivity index (χ0v) is 11.7. The predicted molar refractivity (Wildman–Crippen MR) is 70.6 cm³/mol. The first-order valence-corrected chi connectivity index (χ1v) is 6.99. The van der Waals surface area contributed by atoms with Gasteiger partial charge in [0, 0.05) is 27.0 Å². The van der Waals surface area contributed by atoms with Crippen LogP contribution in [0, 0.1) is 6.92 Å². The summed E-state index contributed by atoms with van der Waals surface area (Å²) >= 11 is 7.05. The summed E-state index contributed by atoms with van der Waals surface area (Å²) in [6.07, 6.45) is 1.94. The quantitative estimate of drug-likeness (QED) is 0.936. The number of nitrogens with one attached hydrogen (secondary N) is 1. The molecule has 0 atom stereocenters. The smallest absolute Gasteiger partial charge is 0.133 e. The van der Waals surface area contributed by atoms with Crippen molar-refractivity contribution in [2.75, 3.05) is 7.05 Å². The number of aromatic nitrogens is 1. The molecule has 15 heavy (non-hydrogen) atoms. The lowest BCUT2D eigenvalue weighted by Crippen LogP contribution is -2.02. The highest BCUT2D eigenvalue weighted by atomic mass is 79.9. The molecule has 0 aromatic carbocycles. The summed E-state index contributed by atoms with van der Waals surface area (Å²) in [6, 6.07) is 2.14. The minimum Gasteiger partial charge on any atom is -0.315 e. The van der Waals surface area contributed by atoms with Gasteiger partial charge >= 0.3 is 0 Å². The molecule has 0 radical (unpaired) electrons. The molecule has 0 amide bonds. The summed E-state index contributed by atoms with van der Waals surface area (Å²) in [5, 5.41) is 4.24. The van der Waals surface area contributed by atoms with Crippen LogP contribution >= 0.6 is 38.6 Å². The molecule has 80 valence electrons. The fourth-order valence-electron chi connectivity index (χ4n) is 1.24. The molecular weight excluding hydrogens is 292 g/mol. The van der Waals surface area contributed by atoms with E-state index in [0.29, 0.717) is 0 Å². The molecule has 2 nitrogen and oxygen atoms in total. The highest BCUT2D eigenvalue weighted by molar-refractivity contribution is 9.10. The van der Waals surface area contributed by atoms with Crippen LogP contribution in [0.1, 0.15) is 9.75 Å². The predicted octanol–water partition coefficient (Wildman–Crippen LogP) is 3.66. The van der Waals surface area contributed by atoms with Crippen molar-refractivity contribution in [3.63, 3.8) is 0 Å². The largest absolute Gasteiger partial charge is 0.315 e. The van der Waals surface area contributed by atoms with E-state index >= 15 is 0 Å². The van der Waals surface area contributed by atoms with Gasteiger partial charge in [0.25, 0.3) is 0 Å². The maximum Gasteiger partial charge on any atom is 0.133 e. The number of thiophene rings is 1. The molecule has 2 aromatic rings. The summed E-state index contributed by atoms with van der Waals surface area (Å²) in [6.45, 7) is 3.00. The van der Waals surface area contributed by atoms with Gasteiger partial charge in [-0.15, -0.1) is 22.7 Å². The van der Waals surface area contributed by atoms with Crippen molar-refractivity contribution in [1.82, 2.24) is 10.3 Å². The van der Waals surface area contributed by atoms with Crippen molar-refractivity contribution in [1.29, 1.82) is 0 Å². The third-order valence-electron chi connectivity index (χ3n) is 1.97. The lowest BCUT2D eigenvalue weighted by Gasteiger charge is -1.90. The Morgan fingerprint density at radius 3 is 2.87 bits per heavy atom. The van der Waals surface area contributed by atoms with E-state index in [9.17, 15) is 0 Å². The van der Waals surface area contributed by atoms with Crippen LogP contribution < -0.4 is 5.32 Å². The standard InChI is InChI=1S/C10H11BrN2S2/c1-6-8(11)3-9(14-6)10-13-5-7(15-10)4-12-2/h3,5,12H,4H2,1-2H3. The number of aryl methyl sites for hydroxylation is 1. The SMILES string of the molecule is CNCc1cnc(-c2cc(Br)c(C)s2)s1. The Morgan fingerprint density at radius 1 is 1.47 bits per heavy atom. The van der Waals surface area contributed by atoms with Gasteiger partial charge in [-0.3, -0.25) is 0 Å². The molecular formula is C10H11BrN2S2. The molecule has 0 aliphatic rings. The molecule has 0 saturated carbocycles. The Balaban J connectivity index is 2.28. The molecule has 0 aliphatic carbocycles. The van der Waals surface area contributed by atoms with Gasteiger partial charge < -0.3 is 5.32 Å². The monoisotopic (exact) mass is 302 g/mol. The summed E-state index contributed by atoms with van der Waals surface area (Å²) in [7, 11) is 1.95. The number of halogens is 1. The second-order valence-corrected chi connectivity index (χ2v) is 6.40. The van der Waals surface area contributed by atoms with Gasteiger partial charge in [-0.05, 0) is 36.0 Å². The van der Waals surface area contributed by atoms with E-state index in [1.807, 2.05) is 13.2 Å². The molecule has 2 aromatic heterocycles. The average Bonchev–Trinajstić information content (AvgIpc) is 2.76. The zero-order chi connectivity index (χ0) is 10.8. The molecule has 0 saturated heterocycles. The summed E-state index contributed by atoms with van der Waals surface area (Å²) in [5.41, 5.74) is 0. The third kappa shape index (κ3) is 2.47. The first-order chi connectivity index (χ1) is 7.20. The molecule has 0 spiro atoms. The summed E-state index contributed by atoms with van der Waals surface area (Å²) in [5.74, 6) is 0. The number of thiazole rings is 1. The third-order valence-corrected chi connectivity index (χ3v) is 5.28. The van der Waals surface area contributed by atoms with Gasteiger partial charge in [-0.1, -0.05) is 0 Å². The molecule has 0 fully saturated rings. The number of hydrogen-bond donors (Lipinski definition) is 1. The first-order valence-electron chi connectivity index (χ1n) is 4.56. The molecule has 2 rings (SSSR count). The topological polar surface area (TPSA) is 24.9 Å². The van der Waals surface area contributed by atoms with Crippen LogP contribution in [0.3, 0.4) is 0 Å². The summed E-state index contributed by atoms with van der Waals surface area (Å²) in [4.78, 5) is 8.24. The van der Waals surface area contributed by atoms with E-state index in [1.165, 1.54) is 19.1 Å². The van der Waals surface area contributed by atoms with Crippen molar-refractivity contribution >= 4 is 38.6 Å². The van der Waals surface area contributed by atoms with E-state index in [1.54, 1.807) is 22.7 Å². The second kappa shape index (κ2) is 4.74. The highest BCUT2D eigenvalue weighted by Gasteiger charge is 2.09. The molecule has 0 unspecified atom stereocenters. The maximum atomic E-state index is 4.43. The number of nitrogens with zero attached hydrogens (tertiary/aromatic N) is 1. The zero-order valence-electron chi connectivity index (χ0n) is 8.50. The molecule has 1 N–H and O–H groups in total. The van der Waals surface area contributed by atoms with Crippen molar-refractivity contribution in [3.8, 4) is 9.88 Å². The van der Waals surface area contributed by atoms with Gasteiger partial charge in [0.2, 0.25) is 0 Å². The van der Waals surface area contributed by atoms with Gasteiger partial charge in [0.1, 0.15) is 5.01 Å². The van der Waals surface area contributed by atoms with Crippen LogP contribution in [0.4, 0.5) is 0 Å². The first kappa shape index (κ1) is 11.3. The molecule has 0 aliphatic heterocycles. The Labute approximate surface area is 106 Å². The Kier molecular flexibility index (Phi) is 3.56. The summed E-state index contributed by atoms with van der Waals surface area (Å²) < 4.78 is 1.17. The van der Waals surface area contributed by atoms with Gasteiger partial charge in [0.05, 0.1) is 4.88 Å². The minimum atomic E-state index is 0.892. The minimum absolute atomic E-state index is 0.892. The van der Waals surface area contributed by atoms with Crippen LogP contribution in [0.5, 0.6) is 0 Å². The van der Waals surface area contributed by atoms with E-state index in [4.69, 9.17) is 0 Å². The Hall–Kier alpha value is -0.230. The Morgan fingerprint density at radius 2 is 2.27 bits per heavy atom. The van der Waals surface area contributed by atoms with Crippen molar-refractivity contribution in [2.24, 2.45) is 0 Å². The van der Waals surface area contributed by atoms with Crippen LogP contribution in [-0.2, 0) is 6.54 Å². The Bertz CT molecular complexity index is 442. The lowest BCUT2D eigenvalue weighted by atomic mass is 10.4. The van der Waals surface area contributed by atoms with Crippen molar-refractivity contribution in [3.05, 3.63) is 26.5 Å². The van der Waals surface area contributed by atoms with Crippen LogP contribution in [0.25, 0.3) is 9.88 Å². The highest BCUT2D eigenvalue weighted by Crippen LogP contribution is 2.35. The second-order valence-electron chi connectivity index (χ2n) is 3.18. The number of rotatable bonds is 3. The normalized spacial score (nSPS) is 10.9. The van der Waals surface area contributed by atoms with E-state index in [2.05, 4.69) is 39.2 Å². The van der Waals surface area contributed by atoms with Gasteiger partial charge in [-0.2, -0.15) is 0 Å². The van der Waals surface area contributed by atoms with Crippen LogP contribution in [-0.4, -0.2) is 12.0 Å². The van der Waals surface area contributed by atoms with Crippen LogP contribution in [0.2, 0.25) is 0 Å². The van der Waals surface area contributed by atoms with Gasteiger partial charge in [-0.25, -0.2) is 4.98 Å². The molecule has 5 heteroatoms. The fourth-order valence-corrected chi connectivity index (χ4v) is 3.75. The number of hydrogen-bond acceptors (Lipinski definition) is 4. The van der Waals surface area contributed by atoms with Crippen molar-refractivity contribution < 1.29 is 0 Å². The van der Waals surface area contributed by atoms with Gasteiger partial charge in [0.15, 0.2) is 0 Å². The molecule has 2 heterocycles. The van der Waals surface area contributed by atoms with E-state index in [-0.39, 0.29) is 0 Å². The van der Waals surface area contributed by atoms with Crippen molar-refractivity contribution in [2.45, 2.75) is 13.5 Å². The fraction of sp³-hybridized carbons (Fsp3) is 0.300. The molecule has 0 bridgehead atoms. The van der Waals surface area contributed by atoms with E-state index in [0.717, 1.165) is 11.6 Å². The van der Waals surface area contributed by atoms with E-state index < -0.39 is 0 Å². The van der Waals surface area contributed by atoms with Crippen LogP contribution in [0.15, 0.2) is 16.7 Å². The average molecular weight is 303 g/mol. The lowest BCUT2D eigenvalue weighted by molar-refractivity contribution is 0.829. The maximum absolute atomic E-state index is 4.43.